The lowest BCUT2D eigenvalue weighted by molar-refractivity contribution is -0.144. The number of carbonyl (C=O) groups excluding carboxylic acids is 3. The molecule has 0 saturated carbocycles. The van der Waals surface area contributed by atoms with E-state index < -0.39 is 24.3 Å². The van der Waals surface area contributed by atoms with Crippen LogP contribution >= 0.6 is 0 Å². The number of amides is 3. The van der Waals surface area contributed by atoms with Crippen molar-refractivity contribution in [2.24, 2.45) is 11.8 Å². The molecule has 2 fully saturated rings. The Balaban J connectivity index is 1.43. The van der Waals surface area contributed by atoms with Gasteiger partial charge in [0.25, 0.3) is 0 Å². The van der Waals surface area contributed by atoms with Crippen LogP contribution in [0.2, 0.25) is 0 Å². The minimum Gasteiger partial charge on any atom is -0.497 e. The number of nitrogens with one attached hydrogen (secondary N) is 5. The standard InChI is InChI=1S/C23H27N5O5/c1-3-33-16-10-6-13(7-11-16)24-21(30)17-12-18(29)26-20-19(17)22(31)28-23(27-20)25-14-4-8-15(32-2)9-5-14/h4-11,17,19-20,23,25,27H,3,12H2,1-2H3,(H,24,30)(H,26,29)(H,28,31). The summed E-state index contributed by atoms with van der Waals surface area (Å²) in [5.74, 6) is -1.17. The number of fused-ring (bicyclic) bond motifs is 1. The largest absolute Gasteiger partial charge is 0.497 e. The van der Waals surface area contributed by atoms with Crippen molar-refractivity contribution in [2.45, 2.75) is 25.8 Å². The number of rotatable bonds is 7. The zero-order valence-electron chi connectivity index (χ0n) is 18.4. The van der Waals surface area contributed by atoms with E-state index in [9.17, 15) is 14.4 Å². The molecular formula is C23H27N5O5. The van der Waals surface area contributed by atoms with Gasteiger partial charge >= 0.3 is 0 Å². The second-order valence-corrected chi connectivity index (χ2v) is 7.81. The van der Waals surface area contributed by atoms with Crippen LogP contribution in [0.1, 0.15) is 13.3 Å². The van der Waals surface area contributed by atoms with Gasteiger partial charge in [-0.15, -0.1) is 0 Å². The van der Waals surface area contributed by atoms with E-state index in [-0.39, 0.29) is 24.1 Å². The molecule has 174 valence electrons. The zero-order valence-corrected chi connectivity index (χ0v) is 18.4. The molecule has 4 rings (SSSR count). The maximum atomic E-state index is 13.0. The average Bonchev–Trinajstić information content (AvgIpc) is 2.80. The van der Waals surface area contributed by atoms with Crippen LogP contribution in [0, 0.1) is 11.8 Å². The van der Waals surface area contributed by atoms with E-state index >= 15 is 0 Å². The molecular weight excluding hydrogens is 426 g/mol. The van der Waals surface area contributed by atoms with Gasteiger partial charge in [-0.2, -0.15) is 0 Å². The summed E-state index contributed by atoms with van der Waals surface area (Å²) in [5.41, 5.74) is 1.31. The van der Waals surface area contributed by atoms with Gasteiger partial charge in [0.05, 0.1) is 31.7 Å². The predicted molar refractivity (Wildman–Crippen MR) is 121 cm³/mol. The third-order valence-corrected chi connectivity index (χ3v) is 5.62. The van der Waals surface area contributed by atoms with Crippen LogP contribution in [0.4, 0.5) is 11.4 Å². The molecule has 10 nitrogen and oxygen atoms in total. The molecule has 4 unspecified atom stereocenters. The molecule has 4 atom stereocenters. The number of piperidine rings is 1. The molecule has 10 heteroatoms. The highest BCUT2D eigenvalue weighted by molar-refractivity contribution is 6.00. The molecule has 2 aromatic rings. The van der Waals surface area contributed by atoms with Crippen molar-refractivity contribution in [1.82, 2.24) is 16.0 Å². The molecule has 0 spiro atoms. The zero-order chi connectivity index (χ0) is 23.4. The summed E-state index contributed by atoms with van der Waals surface area (Å²) in [6, 6.07) is 14.1. The van der Waals surface area contributed by atoms with Gasteiger partial charge < -0.3 is 30.7 Å². The topological polar surface area (TPSA) is 130 Å². The van der Waals surface area contributed by atoms with Gasteiger partial charge in [-0.25, -0.2) is 0 Å². The van der Waals surface area contributed by atoms with Gasteiger partial charge in [-0.1, -0.05) is 0 Å². The first-order valence-electron chi connectivity index (χ1n) is 10.8. The fraction of sp³-hybridized carbons (Fsp3) is 0.348. The van der Waals surface area contributed by atoms with Crippen molar-refractivity contribution >= 4 is 29.1 Å². The minimum atomic E-state index is -0.815. The van der Waals surface area contributed by atoms with Crippen molar-refractivity contribution in [1.29, 1.82) is 0 Å². The maximum Gasteiger partial charge on any atom is 0.229 e. The van der Waals surface area contributed by atoms with E-state index in [0.29, 0.717) is 23.8 Å². The molecule has 2 aliphatic heterocycles. The number of benzene rings is 2. The lowest BCUT2D eigenvalue weighted by Crippen LogP contribution is -2.72. The molecule has 5 N–H and O–H groups in total. The summed E-state index contributed by atoms with van der Waals surface area (Å²) in [6.45, 7) is 2.43. The van der Waals surface area contributed by atoms with Crippen molar-refractivity contribution in [3.63, 3.8) is 0 Å². The van der Waals surface area contributed by atoms with Gasteiger partial charge in [-0.3, -0.25) is 19.7 Å². The lowest BCUT2D eigenvalue weighted by Gasteiger charge is -2.43. The van der Waals surface area contributed by atoms with E-state index in [1.54, 1.807) is 43.5 Å². The van der Waals surface area contributed by atoms with Gasteiger partial charge in [0, 0.05) is 17.8 Å². The molecule has 2 heterocycles. The number of methoxy groups -OCH3 is 1. The Morgan fingerprint density at radius 3 is 2.33 bits per heavy atom. The van der Waals surface area contributed by atoms with E-state index in [2.05, 4.69) is 26.6 Å². The Kier molecular flexibility index (Phi) is 6.64. The molecule has 0 bridgehead atoms. The Hall–Kier alpha value is -3.79. The summed E-state index contributed by atoms with van der Waals surface area (Å²) in [5, 5.41) is 14.7. The fourth-order valence-corrected chi connectivity index (χ4v) is 4.04. The highest BCUT2D eigenvalue weighted by Gasteiger charge is 2.48. The molecule has 2 aromatic carbocycles. The summed E-state index contributed by atoms with van der Waals surface area (Å²) >= 11 is 0. The highest BCUT2D eigenvalue weighted by atomic mass is 16.5. The first-order valence-corrected chi connectivity index (χ1v) is 10.8. The monoisotopic (exact) mass is 453 g/mol. The number of ether oxygens (including phenoxy) is 2. The Bertz CT molecular complexity index is 1010. The summed E-state index contributed by atoms with van der Waals surface area (Å²) in [6.07, 6.45) is -1.39. The van der Waals surface area contributed by atoms with Crippen LogP contribution in [0.25, 0.3) is 0 Å². The molecule has 3 amide bonds. The van der Waals surface area contributed by atoms with Gasteiger partial charge in [0.2, 0.25) is 17.7 Å². The third kappa shape index (κ3) is 5.17. The van der Waals surface area contributed by atoms with Crippen LogP contribution in [0.3, 0.4) is 0 Å². The van der Waals surface area contributed by atoms with Crippen molar-refractivity contribution < 1.29 is 23.9 Å². The second-order valence-electron chi connectivity index (χ2n) is 7.81. The summed E-state index contributed by atoms with van der Waals surface area (Å²) < 4.78 is 10.6. The molecule has 0 aliphatic carbocycles. The van der Waals surface area contributed by atoms with E-state index in [0.717, 1.165) is 5.69 Å². The molecule has 33 heavy (non-hydrogen) atoms. The van der Waals surface area contributed by atoms with Crippen LogP contribution in [-0.2, 0) is 14.4 Å². The normalized spacial score (nSPS) is 24.1. The predicted octanol–water partition coefficient (Wildman–Crippen LogP) is 1.23. The second kappa shape index (κ2) is 9.78. The number of carbonyl (C=O) groups is 3. The SMILES string of the molecule is CCOc1ccc(NC(=O)C2CC(=O)NC3NC(Nc4ccc(OC)cc4)NC(=O)C32)cc1. The summed E-state index contributed by atoms with van der Waals surface area (Å²) in [7, 11) is 1.58. The Morgan fingerprint density at radius 2 is 1.67 bits per heavy atom. The van der Waals surface area contributed by atoms with Crippen LogP contribution in [-0.4, -0.2) is 43.9 Å². The lowest BCUT2D eigenvalue weighted by atomic mass is 9.81. The highest BCUT2D eigenvalue weighted by Crippen LogP contribution is 2.28. The number of hydrogen-bond donors (Lipinski definition) is 5. The molecule has 2 aliphatic rings. The van der Waals surface area contributed by atoms with Crippen molar-refractivity contribution in [2.75, 3.05) is 24.4 Å². The number of hydrogen-bond acceptors (Lipinski definition) is 7. The average molecular weight is 453 g/mol. The van der Waals surface area contributed by atoms with E-state index in [1.807, 2.05) is 19.1 Å². The quantitative estimate of drug-likeness (QED) is 0.426. The Labute approximate surface area is 191 Å². The van der Waals surface area contributed by atoms with E-state index in [1.165, 1.54) is 0 Å². The smallest absolute Gasteiger partial charge is 0.229 e. The molecule has 0 radical (unpaired) electrons. The van der Waals surface area contributed by atoms with Crippen LogP contribution in [0.15, 0.2) is 48.5 Å². The van der Waals surface area contributed by atoms with Gasteiger partial charge in [0.1, 0.15) is 11.5 Å². The third-order valence-electron chi connectivity index (χ3n) is 5.62. The first-order chi connectivity index (χ1) is 16.0. The Morgan fingerprint density at radius 1 is 1.00 bits per heavy atom. The van der Waals surface area contributed by atoms with E-state index in [4.69, 9.17) is 9.47 Å². The van der Waals surface area contributed by atoms with Gasteiger partial charge in [0.15, 0.2) is 6.29 Å². The molecule has 2 saturated heterocycles. The van der Waals surface area contributed by atoms with Crippen molar-refractivity contribution in [3.8, 4) is 11.5 Å². The minimum absolute atomic E-state index is 0.0737. The van der Waals surface area contributed by atoms with Gasteiger partial charge in [-0.05, 0) is 55.5 Å². The number of anilines is 2. The van der Waals surface area contributed by atoms with Crippen molar-refractivity contribution in [3.05, 3.63) is 48.5 Å². The molecule has 0 aromatic heterocycles. The summed E-state index contributed by atoms with van der Waals surface area (Å²) in [4.78, 5) is 38.3. The van der Waals surface area contributed by atoms with Crippen LogP contribution < -0.4 is 36.1 Å². The first kappa shape index (κ1) is 22.4. The fourth-order valence-electron chi connectivity index (χ4n) is 4.04. The maximum absolute atomic E-state index is 13.0. The van der Waals surface area contributed by atoms with Crippen LogP contribution in [0.5, 0.6) is 11.5 Å².